The van der Waals surface area contributed by atoms with Crippen molar-refractivity contribution in [3.63, 3.8) is 0 Å². The van der Waals surface area contributed by atoms with Crippen molar-refractivity contribution >= 4 is 17.4 Å². The van der Waals surface area contributed by atoms with Gasteiger partial charge in [-0.1, -0.05) is 0 Å². The van der Waals surface area contributed by atoms with Gasteiger partial charge in [-0.2, -0.15) is 0 Å². The number of benzene rings is 1. The summed E-state index contributed by atoms with van der Waals surface area (Å²) in [5, 5.41) is 2.73. The Labute approximate surface area is 175 Å². The summed E-state index contributed by atoms with van der Waals surface area (Å²) < 4.78 is 5.84. The number of amides is 1. The topological polar surface area (TPSA) is 106 Å². The van der Waals surface area contributed by atoms with Gasteiger partial charge in [-0.05, 0) is 62.3 Å². The van der Waals surface area contributed by atoms with Gasteiger partial charge < -0.3 is 15.8 Å². The lowest BCUT2D eigenvalue weighted by molar-refractivity contribution is 0.102. The molecule has 0 bridgehead atoms. The average molecular weight is 404 g/mol. The fourth-order valence-corrected chi connectivity index (χ4v) is 3.35. The van der Waals surface area contributed by atoms with E-state index in [1.165, 1.54) is 12.8 Å². The number of ether oxygens (including phenoxy) is 1. The Morgan fingerprint density at radius 3 is 2.67 bits per heavy atom. The summed E-state index contributed by atoms with van der Waals surface area (Å²) in [5.74, 6) is 0.439. The summed E-state index contributed by atoms with van der Waals surface area (Å²) in [5.41, 5.74) is 7.89. The van der Waals surface area contributed by atoms with E-state index in [-0.39, 0.29) is 11.5 Å². The van der Waals surface area contributed by atoms with Crippen LogP contribution in [-0.4, -0.2) is 52.0 Å². The molecule has 8 nitrogen and oxygen atoms in total. The molecule has 1 aliphatic rings. The van der Waals surface area contributed by atoms with Crippen LogP contribution in [0.2, 0.25) is 0 Å². The molecule has 30 heavy (non-hydrogen) atoms. The molecule has 0 radical (unpaired) electrons. The van der Waals surface area contributed by atoms with Crippen molar-refractivity contribution < 1.29 is 9.53 Å². The van der Waals surface area contributed by atoms with Crippen LogP contribution < -0.4 is 15.8 Å². The molecule has 3 N–H and O–H groups in total. The number of carbonyl (C=O) groups is 1. The number of nitrogens with one attached hydrogen (secondary N) is 1. The average Bonchev–Trinajstić information content (AvgIpc) is 3.29. The molecule has 1 aromatic carbocycles. The molecule has 0 atom stereocenters. The molecule has 0 aliphatic carbocycles. The molecule has 0 saturated carbocycles. The second kappa shape index (κ2) is 9.32. The number of hydrogen-bond acceptors (Lipinski definition) is 7. The van der Waals surface area contributed by atoms with Crippen molar-refractivity contribution in [1.29, 1.82) is 0 Å². The molecular formula is C22H24N6O2. The van der Waals surface area contributed by atoms with Crippen LogP contribution in [0, 0.1) is 0 Å². The van der Waals surface area contributed by atoms with Gasteiger partial charge >= 0.3 is 0 Å². The zero-order chi connectivity index (χ0) is 20.8. The minimum Gasteiger partial charge on any atom is -0.492 e. The molecule has 1 aliphatic heterocycles. The molecule has 1 fully saturated rings. The van der Waals surface area contributed by atoms with Crippen molar-refractivity contribution in [2.45, 2.75) is 12.8 Å². The van der Waals surface area contributed by atoms with Crippen LogP contribution >= 0.6 is 0 Å². The van der Waals surface area contributed by atoms with E-state index < -0.39 is 5.91 Å². The van der Waals surface area contributed by atoms with Crippen molar-refractivity contribution in [2.75, 3.05) is 37.3 Å². The number of aromatic nitrogens is 3. The highest BCUT2D eigenvalue weighted by Crippen LogP contribution is 2.22. The number of anilines is 2. The van der Waals surface area contributed by atoms with E-state index in [4.69, 9.17) is 10.5 Å². The number of nitrogens with two attached hydrogens (primary N) is 1. The Balaban J connectivity index is 1.42. The number of rotatable bonds is 7. The minimum absolute atomic E-state index is 0.0713. The van der Waals surface area contributed by atoms with Gasteiger partial charge in [-0.3, -0.25) is 14.7 Å². The first-order chi connectivity index (χ1) is 14.7. The van der Waals surface area contributed by atoms with Crippen LogP contribution in [0.5, 0.6) is 5.75 Å². The third-order valence-electron chi connectivity index (χ3n) is 4.96. The van der Waals surface area contributed by atoms with Crippen LogP contribution in [0.4, 0.5) is 11.5 Å². The van der Waals surface area contributed by atoms with Gasteiger partial charge in [0.2, 0.25) is 0 Å². The Hall–Kier alpha value is -3.52. The van der Waals surface area contributed by atoms with Crippen LogP contribution in [-0.2, 0) is 0 Å². The molecule has 2 aromatic heterocycles. The standard InChI is InChI=1S/C22H24N6O2/c23-21-20(22(29)26-17-4-3-9-24-14-17)27-19(15-25-21)16-5-7-18(8-6-16)30-13-12-28-10-1-2-11-28/h3-9,14-15H,1-2,10-13H2,(H2,23,25)(H,26,29). The maximum atomic E-state index is 12.6. The summed E-state index contributed by atoms with van der Waals surface area (Å²) in [6, 6.07) is 11.1. The second-order valence-corrected chi connectivity index (χ2v) is 7.11. The first-order valence-corrected chi connectivity index (χ1v) is 9.98. The van der Waals surface area contributed by atoms with E-state index in [0.717, 1.165) is 30.9 Å². The summed E-state index contributed by atoms with van der Waals surface area (Å²) in [7, 11) is 0. The summed E-state index contributed by atoms with van der Waals surface area (Å²) in [4.78, 5) is 27.5. The van der Waals surface area contributed by atoms with Crippen molar-refractivity contribution in [3.8, 4) is 17.0 Å². The fraction of sp³-hybridized carbons (Fsp3) is 0.273. The third-order valence-corrected chi connectivity index (χ3v) is 4.96. The Bertz CT molecular complexity index is 988. The van der Waals surface area contributed by atoms with Gasteiger partial charge in [-0.15, -0.1) is 0 Å². The molecule has 3 heterocycles. The Morgan fingerprint density at radius 2 is 1.93 bits per heavy atom. The molecule has 8 heteroatoms. The van der Waals surface area contributed by atoms with E-state index in [1.54, 1.807) is 30.7 Å². The summed E-state index contributed by atoms with van der Waals surface area (Å²) >= 11 is 0. The van der Waals surface area contributed by atoms with Crippen molar-refractivity contribution in [2.24, 2.45) is 0 Å². The van der Waals surface area contributed by atoms with Crippen LogP contribution in [0.25, 0.3) is 11.3 Å². The highest BCUT2D eigenvalue weighted by atomic mass is 16.5. The zero-order valence-electron chi connectivity index (χ0n) is 16.6. The predicted molar refractivity (Wildman–Crippen MR) is 115 cm³/mol. The number of nitrogen functional groups attached to an aromatic ring is 1. The largest absolute Gasteiger partial charge is 0.492 e. The molecule has 0 unspecified atom stereocenters. The lowest BCUT2D eigenvalue weighted by Gasteiger charge is -2.15. The molecule has 154 valence electrons. The first kappa shape index (κ1) is 19.8. The van der Waals surface area contributed by atoms with Gasteiger partial charge in [0, 0.05) is 18.3 Å². The maximum Gasteiger partial charge on any atom is 0.278 e. The Kier molecular flexibility index (Phi) is 6.14. The molecule has 4 rings (SSSR count). The smallest absolute Gasteiger partial charge is 0.278 e. The van der Waals surface area contributed by atoms with Crippen LogP contribution in [0.1, 0.15) is 23.3 Å². The number of nitrogens with zero attached hydrogens (tertiary/aromatic N) is 4. The SMILES string of the molecule is Nc1ncc(-c2ccc(OCCN3CCCC3)cc2)nc1C(=O)Nc1cccnc1. The number of pyridine rings is 1. The van der Waals surface area contributed by atoms with Gasteiger partial charge in [0.05, 0.1) is 23.8 Å². The minimum atomic E-state index is -0.434. The summed E-state index contributed by atoms with van der Waals surface area (Å²) in [6.45, 7) is 3.93. The number of likely N-dealkylation sites (tertiary alicyclic amines) is 1. The van der Waals surface area contributed by atoms with Crippen molar-refractivity contribution in [1.82, 2.24) is 19.9 Å². The number of carbonyl (C=O) groups excluding carboxylic acids is 1. The third kappa shape index (κ3) is 4.90. The highest BCUT2D eigenvalue weighted by Gasteiger charge is 2.15. The highest BCUT2D eigenvalue weighted by molar-refractivity contribution is 6.05. The Morgan fingerprint density at radius 1 is 1.13 bits per heavy atom. The fourth-order valence-electron chi connectivity index (χ4n) is 3.35. The van der Waals surface area contributed by atoms with E-state index in [9.17, 15) is 4.79 Å². The van der Waals surface area contributed by atoms with Crippen molar-refractivity contribution in [3.05, 3.63) is 60.7 Å². The maximum absolute atomic E-state index is 12.6. The first-order valence-electron chi connectivity index (χ1n) is 9.98. The van der Waals surface area contributed by atoms with Gasteiger partial charge in [0.15, 0.2) is 11.5 Å². The normalized spacial score (nSPS) is 13.9. The lowest BCUT2D eigenvalue weighted by Crippen LogP contribution is -2.25. The van der Waals surface area contributed by atoms with E-state index in [2.05, 4.69) is 25.2 Å². The molecule has 1 saturated heterocycles. The monoisotopic (exact) mass is 404 g/mol. The van der Waals surface area contributed by atoms with E-state index in [0.29, 0.717) is 18.0 Å². The molecule has 1 amide bonds. The zero-order valence-corrected chi connectivity index (χ0v) is 16.6. The predicted octanol–water partition coefficient (Wildman–Crippen LogP) is 2.85. The quantitative estimate of drug-likeness (QED) is 0.624. The van der Waals surface area contributed by atoms with Gasteiger partial charge in [0.25, 0.3) is 5.91 Å². The van der Waals surface area contributed by atoms with E-state index >= 15 is 0 Å². The number of hydrogen-bond donors (Lipinski definition) is 2. The van der Waals surface area contributed by atoms with Crippen LogP contribution in [0.3, 0.4) is 0 Å². The molecular weight excluding hydrogens is 380 g/mol. The molecule has 3 aromatic rings. The second-order valence-electron chi connectivity index (χ2n) is 7.11. The molecule has 0 spiro atoms. The van der Waals surface area contributed by atoms with Gasteiger partial charge in [-0.25, -0.2) is 9.97 Å². The van der Waals surface area contributed by atoms with Crippen LogP contribution in [0.15, 0.2) is 55.0 Å². The van der Waals surface area contributed by atoms with E-state index in [1.807, 2.05) is 24.3 Å². The lowest BCUT2D eigenvalue weighted by atomic mass is 10.1. The van der Waals surface area contributed by atoms with Gasteiger partial charge in [0.1, 0.15) is 12.4 Å². The summed E-state index contributed by atoms with van der Waals surface area (Å²) in [6.07, 6.45) is 7.29.